The third kappa shape index (κ3) is 2.93. The molecule has 0 saturated carbocycles. The van der Waals surface area contributed by atoms with Crippen molar-refractivity contribution in [3.8, 4) is 6.07 Å². The molecule has 1 aromatic carbocycles. The van der Waals surface area contributed by atoms with Gasteiger partial charge in [0.2, 0.25) is 0 Å². The number of hydrogen-bond donors (Lipinski definition) is 1. The second-order valence-corrected chi connectivity index (χ2v) is 6.56. The molecule has 3 aromatic rings. The second-order valence-electron chi connectivity index (χ2n) is 6.56. The van der Waals surface area contributed by atoms with E-state index in [-0.39, 0.29) is 5.41 Å². The normalized spacial score (nSPS) is 11.2. The van der Waals surface area contributed by atoms with Crippen molar-refractivity contribution in [1.82, 2.24) is 9.97 Å². The second kappa shape index (κ2) is 6.29. The van der Waals surface area contributed by atoms with E-state index >= 15 is 0 Å². The van der Waals surface area contributed by atoms with Crippen LogP contribution in [0.2, 0.25) is 0 Å². The van der Waals surface area contributed by atoms with Gasteiger partial charge in [0.1, 0.15) is 11.9 Å². The first-order valence-electron chi connectivity index (χ1n) is 7.97. The number of nitriles is 1. The first-order chi connectivity index (χ1) is 11.5. The maximum Gasteiger partial charge on any atom is 0.144 e. The van der Waals surface area contributed by atoms with Gasteiger partial charge in [-0.25, -0.2) is 4.98 Å². The standard InChI is InChI=1S/C20H20N4/c1-14-16-6-4-5-7-18(16)24-19(17(14)12-21)23-13-20(2,3)15-8-10-22-11-9-15/h4-11H,13H2,1-3H3,(H,23,24). The first kappa shape index (κ1) is 15.9. The van der Waals surface area contributed by atoms with Crippen LogP contribution in [0.1, 0.15) is 30.5 Å². The summed E-state index contributed by atoms with van der Waals surface area (Å²) in [5.41, 5.74) is 3.57. The van der Waals surface area contributed by atoms with Crippen LogP contribution in [-0.2, 0) is 5.41 Å². The van der Waals surface area contributed by atoms with E-state index in [4.69, 9.17) is 0 Å². The monoisotopic (exact) mass is 316 g/mol. The lowest BCUT2D eigenvalue weighted by Gasteiger charge is -2.26. The van der Waals surface area contributed by atoms with E-state index in [9.17, 15) is 5.26 Å². The van der Waals surface area contributed by atoms with E-state index in [2.05, 4.69) is 35.2 Å². The average molecular weight is 316 g/mol. The minimum absolute atomic E-state index is 0.100. The summed E-state index contributed by atoms with van der Waals surface area (Å²) in [4.78, 5) is 8.73. The van der Waals surface area contributed by atoms with Crippen molar-refractivity contribution in [2.45, 2.75) is 26.2 Å². The Morgan fingerprint density at radius 3 is 2.54 bits per heavy atom. The fourth-order valence-electron chi connectivity index (χ4n) is 2.85. The summed E-state index contributed by atoms with van der Waals surface area (Å²) in [5, 5.41) is 14.0. The number of nitrogens with zero attached hydrogens (tertiary/aromatic N) is 3. The summed E-state index contributed by atoms with van der Waals surface area (Å²) >= 11 is 0. The molecule has 0 bridgehead atoms. The number of nitrogens with one attached hydrogen (secondary N) is 1. The lowest BCUT2D eigenvalue weighted by Crippen LogP contribution is -2.28. The Hall–Kier alpha value is -2.93. The average Bonchev–Trinajstić information content (AvgIpc) is 2.61. The molecule has 0 unspecified atom stereocenters. The van der Waals surface area contributed by atoms with Crippen LogP contribution >= 0.6 is 0 Å². The summed E-state index contributed by atoms with van der Waals surface area (Å²) < 4.78 is 0. The van der Waals surface area contributed by atoms with Crippen LogP contribution in [0.3, 0.4) is 0 Å². The molecule has 0 fully saturated rings. The van der Waals surface area contributed by atoms with Gasteiger partial charge in [-0.15, -0.1) is 0 Å². The highest BCUT2D eigenvalue weighted by molar-refractivity contribution is 5.86. The molecule has 0 aliphatic rings. The molecule has 0 saturated heterocycles. The molecular weight excluding hydrogens is 296 g/mol. The molecule has 0 spiro atoms. The van der Waals surface area contributed by atoms with Gasteiger partial charge in [0.15, 0.2) is 0 Å². The fourth-order valence-corrected chi connectivity index (χ4v) is 2.85. The van der Waals surface area contributed by atoms with Gasteiger partial charge in [0, 0.05) is 29.7 Å². The molecule has 2 aromatic heterocycles. The first-order valence-corrected chi connectivity index (χ1v) is 7.97. The minimum atomic E-state index is -0.100. The largest absolute Gasteiger partial charge is 0.368 e. The van der Waals surface area contributed by atoms with Crippen molar-refractivity contribution in [2.75, 3.05) is 11.9 Å². The zero-order chi connectivity index (χ0) is 17.2. The van der Waals surface area contributed by atoms with Gasteiger partial charge in [-0.05, 0) is 36.2 Å². The molecule has 0 radical (unpaired) electrons. The van der Waals surface area contributed by atoms with Crippen LogP contribution in [0.15, 0.2) is 48.8 Å². The summed E-state index contributed by atoms with van der Waals surface area (Å²) in [5.74, 6) is 0.649. The maximum absolute atomic E-state index is 9.57. The Labute approximate surface area is 142 Å². The van der Waals surface area contributed by atoms with E-state index in [1.54, 1.807) is 12.4 Å². The van der Waals surface area contributed by atoms with Crippen molar-refractivity contribution in [3.63, 3.8) is 0 Å². The Morgan fingerprint density at radius 1 is 1.12 bits per heavy atom. The predicted molar refractivity (Wildman–Crippen MR) is 96.9 cm³/mol. The zero-order valence-electron chi connectivity index (χ0n) is 14.2. The van der Waals surface area contributed by atoms with Crippen molar-refractivity contribution < 1.29 is 0 Å². The van der Waals surface area contributed by atoms with Crippen LogP contribution in [0.5, 0.6) is 0 Å². The molecule has 1 N–H and O–H groups in total. The summed E-state index contributed by atoms with van der Waals surface area (Å²) in [6, 6.07) is 14.2. The predicted octanol–water partition coefficient (Wildman–Crippen LogP) is 4.20. The molecule has 0 amide bonds. The molecule has 0 aliphatic heterocycles. The van der Waals surface area contributed by atoms with E-state index in [0.717, 1.165) is 16.5 Å². The highest BCUT2D eigenvalue weighted by Crippen LogP contribution is 2.27. The van der Waals surface area contributed by atoms with Gasteiger partial charge in [-0.1, -0.05) is 32.0 Å². The highest BCUT2D eigenvalue weighted by Gasteiger charge is 2.21. The number of anilines is 1. The molecule has 2 heterocycles. The van der Waals surface area contributed by atoms with Crippen LogP contribution in [0, 0.1) is 18.3 Å². The molecule has 0 atom stereocenters. The molecule has 3 rings (SSSR count). The minimum Gasteiger partial charge on any atom is -0.368 e. The van der Waals surface area contributed by atoms with E-state index in [0.29, 0.717) is 17.9 Å². The zero-order valence-corrected chi connectivity index (χ0v) is 14.2. The smallest absolute Gasteiger partial charge is 0.144 e. The van der Waals surface area contributed by atoms with Gasteiger partial charge >= 0.3 is 0 Å². The Kier molecular flexibility index (Phi) is 4.18. The third-order valence-corrected chi connectivity index (χ3v) is 4.42. The fraction of sp³-hybridized carbons (Fsp3) is 0.250. The van der Waals surface area contributed by atoms with Crippen molar-refractivity contribution in [1.29, 1.82) is 5.26 Å². The van der Waals surface area contributed by atoms with Crippen LogP contribution < -0.4 is 5.32 Å². The van der Waals surface area contributed by atoms with E-state index < -0.39 is 0 Å². The van der Waals surface area contributed by atoms with Crippen molar-refractivity contribution in [3.05, 3.63) is 65.5 Å². The molecule has 120 valence electrons. The van der Waals surface area contributed by atoms with Gasteiger partial charge in [0.25, 0.3) is 0 Å². The quantitative estimate of drug-likeness (QED) is 0.783. The van der Waals surface area contributed by atoms with Gasteiger partial charge in [0.05, 0.1) is 11.1 Å². The Morgan fingerprint density at radius 2 is 1.83 bits per heavy atom. The van der Waals surface area contributed by atoms with Crippen molar-refractivity contribution >= 4 is 16.7 Å². The number of para-hydroxylation sites is 1. The Balaban J connectivity index is 1.94. The Bertz CT molecular complexity index is 908. The van der Waals surface area contributed by atoms with Crippen LogP contribution in [0.25, 0.3) is 10.9 Å². The number of aromatic nitrogens is 2. The number of fused-ring (bicyclic) bond motifs is 1. The van der Waals surface area contributed by atoms with Crippen LogP contribution in [-0.4, -0.2) is 16.5 Å². The molecule has 24 heavy (non-hydrogen) atoms. The lowest BCUT2D eigenvalue weighted by molar-refractivity contribution is 0.555. The maximum atomic E-state index is 9.57. The van der Waals surface area contributed by atoms with Crippen LogP contribution in [0.4, 0.5) is 5.82 Å². The van der Waals surface area contributed by atoms with E-state index in [1.807, 2.05) is 43.3 Å². The third-order valence-electron chi connectivity index (χ3n) is 4.42. The van der Waals surface area contributed by atoms with Gasteiger partial charge < -0.3 is 5.32 Å². The molecule has 4 heteroatoms. The SMILES string of the molecule is Cc1c(C#N)c(NCC(C)(C)c2ccncc2)nc2ccccc12. The lowest BCUT2D eigenvalue weighted by atomic mass is 9.85. The topological polar surface area (TPSA) is 61.6 Å². The molecule has 0 aliphatic carbocycles. The highest BCUT2D eigenvalue weighted by atomic mass is 15.0. The van der Waals surface area contributed by atoms with E-state index in [1.165, 1.54) is 5.56 Å². The number of benzene rings is 1. The number of hydrogen-bond acceptors (Lipinski definition) is 4. The number of rotatable bonds is 4. The molecule has 4 nitrogen and oxygen atoms in total. The summed E-state index contributed by atoms with van der Waals surface area (Å²) in [6.07, 6.45) is 3.60. The summed E-state index contributed by atoms with van der Waals surface area (Å²) in [6.45, 7) is 6.97. The molecular formula is C20H20N4. The van der Waals surface area contributed by atoms with Crippen molar-refractivity contribution in [2.24, 2.45) is 0 Å². The number of aryl methyl sites for hydroxylation is 1. The van der Waals surface area contributed by atoms with Gasteiger partial charge in [-0.3, -0.25) is 4.98 Å². The number of pyridine rings is 2. The summed E-state index contributed by atoms with van der Waals surface area (Å²) in [7, 11) is 0. The van der Waals surface area contributed by atoms with Gasteiger partial charge in [-0.2, -0.15) is 5.26 Å².